The first kappa shape index (κ1) is 13.1. The minimum absolute atomic E-state index is 0.0901. The Morgan fingerprint density at radius 2 is 2.00 bits per heavy atom. The SMILES string of the molecule is Cc1ccccc1CS(=O)(=O)CC1(CC#N)CC1. The minimum atomic E-state index is -3.13. The highest BCUT2D eigenvalue weighted by atomic mass is 32.2. The first-order valence-electron chi connectivity index (χ1n) is 6.08. The highest BCUT2D eigenvalue weighted by Gasteiger charge is 2.45. The number of nitriles is 1. The van der Waals surface area contributed by atoms with Crippen molar-refractivity contribution < 1.29 is 8.42 Å². The molecule has 0 amide bonds. The van der Waals surface area contributed by atoms with Crippen LogP contribution in [0.15, 0.2) is 24.3 Å². The molecule has 4 heteroatoms. The van der Waals surface area contributed by atoms with E-state index in [1.165, 1.54) is 0 Å². The molecule has 1 saturated carbocycles. The van der Waals surface area contributed by atoms with Crippen LogP contribution in [0.2, 0.25) is 0 Å². The Kier molecular flexibility index (Phi) is 3.45. The van der Waals surface area contributed by atoms with Gasteiger partial charge in [-0.2, -0.15) is 5.26 Å². The Labute approximate surface area is 108 Å². The lowest BCUT2D eigenvalue weighted by molar-refractivity contribution is 0.547. The van der Waals surface area contributed by atoms with Crippen molar-refractivity contribution in [2.75, 3.05) is 5.75 Å². The molecule has 2 rings (SSSR count). The van der Waals surface area contributed by atoms with E-state index in [4.69, 9.17) is 5.26 Å². The largest absolute Gasteiger partial charge is 0.228 e. The smallest absolute Gasteiger partial charge is 0.155 e. The predicted octanol–water partition coefficient (Wildman–Crippen LogP) is 2.60. The van der Waals surface area contributed by atoms with Crippen LogP contribution >= 0.6 is 0 Å². The Hall–Kier alpha value is -1.34. The van der Waals surface area contributed by atoms with Gasteiger partial charge in [-0.3, -0.25) is 0 Å². The fraction of sp³-hybridized carbons (Fsp3) is 0.500. The van der Waals surface area contributed by atoms with Gasteiger partial charge in [-0.15, -0.1) is 0 Å². The molecule has 3 nitrogen and oxygen atoms in total. The molecule has 0 radical (unpaired) electrons. The fourth-order valence-electron chi connectivity index (χ4n) is 2.24. The lowest BCUT2D eigenvalue weighted by Gasteiger charge is -2.12. The first-order valence-corrected chi connectivity index (χ1v) is 7.90. The van der Waals surface area contributed by atoms with Crippen LogP contribution in [-0.4, -0.2) is 14.2 Å². The number of benzene rings is 1. The normalized spacial score (nSPS) is 17.1. The van der Waals surface area contributed by atoms with Crippen LogP contribution < -0.4 is 0 Å². The van der Waals surface area contributed by atoms with E-state index in [-0.39, 0.29) is 16.9 Å². The summed E-state index contributed by atoms with van der Waals surface area (Å²) in [5.74, 6) is 0.245. The first-order chi connectivity index (χ1) is 8.46. The third-order valence-corrected chi connectivity index (χ3v) is 5.38. The van der Waals surface area contributed by atoms with Gasteiger partial charge in [0.2, 0.25) is 0 Å². The average molecular weight is 263 g/mol. The van der Waals surface area contributed by atoms with Crippen LogP contribution in [0.25, 0.3) is 0 Å². The lowest BCUT2D eigenvalue weighted by Crippen LogP contribution is -2.19. The second-order valence-electron chi connectivity index (χ2n) is 5.29. The van der Waals surface area contributed by atoms with Crippen LogP contribution in [0.4, 0.5) is 0 Å². The summed E-state index contributed by atoms with van der Waals surface area (Å²) in [4.78, 5) is 0. The average Bonchev–Trinajstić information content (AvgIpc) is 3.00. The van der Waals surface area contributed by atoms with Crippen molar-refractivity contribution in [3.8, 4) is 6.07 Å². The fourth-order valence-corrected chi connectivity index (χ4v) is 4.47. The van der Waals surface area contributed by atoms with Gasteiger partial charge in [0, 0.05) is 6.42 Å². The molecule has 0 unspecified atom stereocenters. The van der Waals surface area contributed by atoms with Crippen molar-refractivity contribution in [1.29, 1.82) is 5.26 Å². The van der Waals surface area contributed by atoms with Crippen molar-refractivity contribution in [3.05, 3.63) is 35.4 Å². The summed E-state index contributed by atoms with van der Waals surface area (Å²) in [5.41, 5.74) is 1.63. The molecule has 0 heterocycles. The van der Waals surface area contributed by atoms with Gasteiger partial charge < -0.3 is 0 Å². The predicted molar refractivity (Wildman–Crippen MR) is 70.6 cm³/mol. The zero-order chi connectivity index (χ0) is 13.2. The van der Waals surface area contributed by atoms with Crippen LogP contribution in [0.1, 0.15) is 30.4 Å². The topological polar surface area (TPSA) is 57.9 Å². The van der Waals surface area contributed by atoms with Crippen molar-refractivity contribution in [2.24, 2.45) is 5.41 Å². The van der Waals surface area contributed by atoms with Crippen LogP contribution in [0, 0.1) is 23.7 Å². The van der Waals surface area contributed by atoms with Crippen molar-refractivity contribution in [1.82, 2.24) is 0 Å². The standard InChI is InChI=1S/C14H17NO2S/c1-12-4-2-3-5-13(12)10-18(16,17)11-14(6-7-14)8-9-15/h2-5H,6-8,10-11H2,1H3. The number of aryl methyl sites for hydroxylation is 1. The minimum Gasteiger partial charge on any atom is -0.228 e. The zero-order valence-electron chi connectivity index (χ0n) is 10.5. The van der Waals surface area contributed by atoms with Gasteiger partial charge in [0.1, 0.15) is 0 Å². The molecular formula is C14H17NO2S. The number of hydrogen-bond donors (Lipinski definition) is 0. The number of sulfone groups is 1. The van der Waals surface area contributed by atoms with E-state index in [2.05, 4.69) is 6.07 Å². The molecule has 0 aromatic heterocycles. The van der Waals surface area contributed by atoms with Crippen molar-refractivity contribution in [2.45, 2.75) is 31.9 Å². The number of rotatable bonds is 5. The maximum absolute atomic E-state index is 12.2. The summed E-state index contributed by atoms with van der Waals surface area (Å²) in [5, 5.41) is 8.73. The summed E-state index contributed by atoms with van der Waals surface area (Å²) in [6, 6.07) is 9.65. The summed E-state index contributed by atoms with van der Waals surface area (Å²) in [7, 11) is -3.13. The Morgan fingerprint density at radius 1 is 1.33 bits per heavy atom. The molecule has 1 aromatic carbocycles. The molecule has 0 spiro atoms. The van der Waals surface area contributed by atoms with E-state index in [1.54, 1.807) is 0 Å². The van der Waals surface area contributed by atoms with Gasteiger partial charge in [0.25, 0.3) is 0 Å². The summed E-state index contributed by atoms with van der Waals surface area (Å²) < 4.78 is 24.3. The monoisotopic (exact) mass is 263 g/mol. The van der Waals surface area contributed by atoms with Crippen molar-refractivity contribution >= 4 is 9.84 Å². The molecule has 0 bridgehead atoms. The summed E-state index contributed by atoms with van der Waals surface area (Å²) >= 11 is 0. The van der Waals surface area contributed by atoms with E-state index >= 15 is 0 Å². The molecule has 18 heavy (non-hydrogen) atoms. The summed E-state index contributed by atoms with van der Waals surface area (Å²) in [6.45, 7) is 1.92. The molecule has 1 fully saturated rings. The number of nitrogens with zero attached hydrogens (tertiary/aromatic N) is 1. The van der Waals surface area contributed by atoms with E-state index < -0.39 is 9.84 Å². The van der Waals surface area contributed by atoms with E-state index in [1.807, 2.05) is 31.2 Å². The molecular weight excluding hydrogens is 246 g/mol. The van der Waals surface area contributed by atoms with E-state index in [9.17, 15) is 8.42 Å². The molecule has 0 saturated heterocycles. The lowest BCUT2D eigenvalue weighted by atomic mass is 10.1. The zero-order valence-corrected chi connectivity index (χ0v) is 11.3. The molecule has 1 aliphatic rings. The Bertz CT molecular complexity index is 580. The van der Waals surface area contributed by atoms with Crippen LogP contribution in [0.5, 0.6) is 0 Å². The molecule has 1 aliphatic carbocycles. The Balaban J connectivity index is 2.10. The highest BCUT2D eigenvalue weighted by molar-refractivity contribution is 7.90. The molecule has 0 aliphatic heterocycles. The second kappa shape index (κ2) is 4.74. The quantitative estimate of drug-likeness (QED) is 0.820. The van der Waals surface area contributed by atoms with Crippen LogP contribution in [-0.2, 0) is 15.6 Å². The molecule has 0 N–H and O–H groups in total. The van der Waals surface area contributed by atoms with Gasteiger partial charge in [0.15, 0.2) is 9.84 Å². The second-order valence-corrected chi connectivity index (χ2v) is 7.36. The van der Waals surface area contributed by atoms with Crippen molar-refractivity contribution in [3.63, 3.8) is 0 Å². The van der Waals surface area contributed by atoms with Gasteiger partial charge >= 0.3 is 0 Å². The van der Waals surface area contributed by atoms with Gasteiger partial charge in [-0.25, -0.2) is 8.42 Å². The third kappa shape index (κ3) is 3.11. The van der Waals surface area contributed by atoms with Gasteiger partial charge in [-0.05, 0) is 36.3 Å². The van der Waals surface area contributed by atoms with Gasteiger partial charge in [-0.1, -0.05) is 24.3 Å². The molecule has 0 atom stereocenters. The van der Waals surface area contributed by atoms with Crippen LogP contribution in [0.3, 0.4) is 0 Å². The highest BCUT2D eigenvalue weighted by Crippen LogP contribution is 2.49. The Morgan fingerprint density at radius 3 is 2.56 bits per heavy atom. The van der Waals surface area contributed by atoms with E-state index in [0.717, 1.165) is 24.0 Å². The maximum Gasteiger partial charge on any atom is 0.155 e. The maximum atomic E-state index is 12.2. The van der Waals surface area contributed by atoms with E-state index in [0.29, 0.717) is 6.42 Å². The third-order valence-electron chi connectivity index (χ3n) is 3.57. The number of hydrogen-bond acceptors (Lipinski definition) is 3. The molecule has 96 valence electrons. The van der Waals surface area contributed by atoms with Gasteiger partial charge in [0.05, 0.1) is 17.6 Å². The molecule has 1 aromatic rings. The summed E-state index contributed by atoms with van der Waals surface area (Å²) in [6.07, 6.45) is 2.10.